The molecule has 0 saturated carbocycles. The molecule has 1 aliphatic heterocycles. The van der Waals surface area contributed by atoms with Crippen molar-refractivity contribution in [2.24, 2.45) is 0 Å². The van der Waals surface area contributed by atoms with Crippen LogP contribution >= 0.6 is 0 Å². The summed E-state index contributed by atoms with van der Waals surface area (Å²) in [7, 11) is 3.32. The van der Waals surface area contributed by atoms with Crippen LogP contribution < -0.4 is 9.47 Å². The Balaban J connectivity index is 1.51. The second-order valence-corrected chi connectivity index (χ2v) is 7.59. The number of allylic oxidation sites excluding steroid dienone is 1. The Morgan fingerprint density at radius 1 is 0.968 bits per heavy atom. The van der Waals surface area contributed by atoms with Crippen molar-refractivity contribution in [1.82, 2.24) is 4.90 Å². The fraction of sp³-hybridized carbons (Fsp3) is 0.269. The largest absolute Gasteiger partial charge is 0.497 e. The zero-order valence-electron chi connectivity index (χ0n) is 18.0. The van der Waals surface area contributed by atoms with Crippen molar-refractivity contribution in [3.05, 3.63) is 77.4 Å². The van der Waals surface area contributed by atoms with Gasteiger partial charge in [0.2, 0.25) is 0 Å². The van der Waals surface area contributed by atoms with Crippen LogP contribution in [0.15, 0.2) is 60.7 Å². The number of ketones is 1. The van der Waals surface area contributed by atoms with E-state index in [9.17, 15) is 4.79 Å². The van der Waals surface area contributed by atoms with Crippen molar-refractivity contribution < 1.29 is 19.0 Å². The van der Waals surface area contributed by atoms with Gasteiger partial charge in [-0.05, 0) is 58.8 Å². The lowest BCUT2D eigenvalue weighted by Crippen LogP contribution is -2.35. The normalized spacial score (nSPS) is 14.8. The highest BCUT2D eigenvalue weighted by Gasteiger charge is 2.15. The first-order chi connectivity index (χ1) is 15.2. The van der Waals surface area contributed by atoms with Crippen molar-refractivity contribution >= 4 is 22.6 Å². The molecule has 0 aromatic heterocycles. The second kappa shape index (κ2) is 9.77. The number of nitrogens with zero attached hydrogens (tertiary/aromatic N) is 1. The molecular weight excluding hydrogens is 390 g/mol. The number of rotatable bonds is 7. The minimum Gasteiger partial charge on any atom is -0.497 e. The minimum atomic E-state index is -0.0271. The van der Waals surface area contributed by atoms with Gasteiger partial charge in [0.25, 0.3) is 0 Å². The van der Waals surface area contributed by atoms with Crippen LogP contribution in [0.5, 0.6) is 11.5 Å². The third kappa shape index (κ3) is 5.13. The third-order valence-electron chi connectivity index (χ3n) is 5.56. The Bertz CT molecular complexity index is 1100. The average molecular weight is 418 g/mol. The number of hydrogen-bond acceptors (Lipinski definition) is 5. The van der Waals surface area contributed by atoms with E-state index in [-0.39, 0.29) is 5.78 Å². The quantitative estimate of drug-likeness (QED) is 0.416. The van der Waals surface area contributed by atoms with Crippen molar-refractivity contribution in [2.45, 2.75) is 6.54 Å². The molecule has 0 spiro atoms. The number of carbonyl (C=O) groups excluding carboxylic acids is 1. The van der Waals surface area contributed by atoms with Gasteiger partial charge in [0, 0.05) is 30.8 Å². The Morgan fingerprint density at radius 2 is 1.74 bits per heavy atom. The maximum Gasteiger partial charge on any atom is 0.185 e. The van der Waals surface area contributed by atoms with E-state index >= 15 is 0 Å². The van der Waals surface area contributed by atoms with E-state index in [1.54, 1.807) is 20.3 Å². The summed E-state index contributed by atoms with van der Waals surface area (Å²) in [5.74, 6) is 1.61. The van der Waals surface area contributed by atoms with Crippen molar-refractivity contribution in [2.75, 3.05) is 40.5 Å². The maximum absolute atomic E-state index is 12.8. The molecule has 31 heavy (non-hydrogen) atoms. The Morgan fingerprint density at radius 3 is 2.52 bits per heavy atom. The van der Waals surface area contributed by atoms with Gasteiger partial charge in [0.05, 0.1) is 27.4 Å². The summed E-state index contributed by atoms with van der Waals surface area (Å²) in [6.45, 7) is 3.99. The van der Waals surface area contributed by atoms with E-state index in [1.165, 1.54) is 0 Å². The van der Waals surface area contributed by atoms with Crippen LogP contribution in [0.2, 0.25) is 0 Å². The summed E-state index contributed by atoms with van der Waals surface area (Å²) in [4.78, 5) is 15.1. The first-order valence-electron chi connectivity index (χ1n) is 10.4. The van der Waals surface area contributed by atoms with Gasteiger partial charge in [-0.25, -0.2) is 0 Å². The molecule has 0 unspecified atom stereocenters. The topological polar surface area (TPSA) is 48.0 Å². The fourth-order valence-electron chi connectivity index (χ4n) is 3.80. The predicted octanol–water partition coefficient (Wildman–Crippen LogP) is 4.59. The Labute approximate surface area is 182 Å². The molecule has 1 fully saturated rings. The van der Waals surface area contributed by atoms with Gasteiger partial charge in [0.1, 0.15) is 11.5 Å². The van der Waals surface area contributed by atoms with Crippen molar-refractivity contribution in [1.29, 1.82) is 0 Å². The zero-order valence-corrected chi connectivity index (χ0v) is 18.0. The maximum atomic E-state index is 12.8. The molecule has 0 aliphatic carbocycles. The number of methoxy groups -OCH3 is 2. The molecule has 0 amide bonds. The SMILES string of the molecule is COc1ccc2cc(/C=C/C(=O)c3ccc(OC)c(CN4CCOCC4)c3)ccc2c1. The van der Waals surface area contributed by atoms with E-state index in [4.69, 9.17) is 14.2 Å². The summed E-state index contributed by atoms with van der Waals surface area (Å²) in [6.07, 6.45) is 3.49. The van der Waals surface area contributed by atoms with Gasteiger partial charge >= 0.3 is 0 Å². The highest BCUT2D eigenvalue weighted by Crippen LogP contribution is 2.24. The van der Waals surface area contributed by atoms with Gasteiger partial charge in [0.15, 0.2) is 5.78 Å². The molecule has 3 aromatic carbocycles. The Kier molecular flexibility index (Phi) is 6.65. The molecule has 0 N–H and O–H groups in total. The number of hydrogen-bond donors (Lipinski definition) is 0. The van der Waals surface area contributed by atoms with E-state index < -0.39 is 0 Å². The van der Waals surface area contributed by atoms with E-state index in [2.05, 4.69) is 11.0 Å². The number of benzene rings is 3. The molecule has 0 bridgehead atoms. The summed E-state index contributed by atoms with van der Waals surface area (Å²) < 4.78 is 16.2. The Hall–Kier alpha value is -3.15. The lowest BCUT2D eigenvalue weighted by molar-refractivity contribution is 0.0338. The van der Waals surface area contributed by atoms with Crippen molar-refractivity contribution in [3.8, 4) is 11.5 Å². The van der Waals surface area contributed by atoms with Crippen LogP contribution in [0.25, 0.3) is 16.8 Å². The first-order valence-corrected chi connectivity index (χ1v) is 10.4. The first kappa shape index (κ1) is 21.1. The number of morpholine rings is 1. The lowest BCUT2D eigenvalue weighted by atomic mass is 10.0. The van der Waals surface area contributed by atoms with Gasteiger partial charge in [-0.1, -0.05) is 24.3 Å². The molecule has 5 nitrogen and oxygen atoms in total. The molecule has 5 heteroatoms. The predicted molar refractivity (Wildman–Crippen MR) is 123 cm³/mol. The average Bonchev–Trinajstić information content (AvgIpc) is 2.82. The zero-order chi connectivity index (χ0) is 21.6. The smallest absolute Gasteiger partial charge is 0.185 e. The molecule has 3 aromatic rings. The molecule has 1 saturated heterocycles. The molecule has 1 aliphatic rings. The van der Waals surface area contributed by atoms with Crippen LogP contribution in [0, 0.1) is 0 Å². The molecular formula is C26H27NO4. The lowest BCUT2D eigenvalue weighted by Gasteiger charge is -2.27. The molecule has 4 rings (SSSR count). The van der Waals surface area contributed by atoms with Gasteiger partial charge < -0.3 is 14.2 Å². The summed E-state index contributed by atoms with van der Waals surface area (Å²) >= 11 is 0. The van der Waals surface area contributed by atoms with Crippen LogP contribution in [0.1, 0.15) is 21.5 Å². The summed E-state index contributed by atoms with van der Waals surface area (Å²) in [5, 5.41) is 2.21. The van der Waals surface area contributed by atoms with E-state index in [0.29, 0.717) is 5.56 Å². The van der Waals surface area contributed by atoms with E-state index in [0.717, 1.165) is 66.2 Å². The summed E-state index contributed by atoms with van der Waals surface area (Å²) in [5.41, 5.74) is 2.65. The molecule has 160 valence electrons. The molecule has 0 radical (unpaired) electrons. The molecule has 0 atom stereocenters. The van der Waals surface area contributed by atoms with Crippen molar-refractivity contribution in [3.63, 3.8) is 0 Å². The summed E-state index contributed by atoms with van der Waals surface area (Å²) in [6, 6.07) is 17.7. The monoisotopic (exact) mass is 417 g/mol. The van der Waals surface area contributed by atoms with Crippen LogP contribution in [0.3, 0.4) is 0 Å². The van der Waals surface area contributed by atoms with E-state index in [1.807, 2.05) is 54.6 Å². The van der Waals surface area contributed by atoms with Gasteiger partial charge in [-0.15, -0.1) is 0 Å². The minimum absolute atomic E-state index is 0.0271. The number of carbonyl (C=O) groups is 1. The number of ether oxygens (including phenoxy) is 3. The van der Waals surface area contributed by atoms with Gasteiger partial charge in [-0.3, -0.25) is 9.69 Å². The standard InChI is InChI=1S/C26H27NO4/c1-29-24-8-6-20-15-19(3-5-21(20)17-24)4-9-25(28)22-7-10-26(30-2)23(16-22)18-27-11-13-31-14-12-27/h3-10,15-17H,11-14,18H2,1-2H3/b9-4+. The second-order valence-electron chi connectivity index (χ2n) is 7.59. The number of fused-ring (bicyclic) bond motifs is 1. The van der Waals surface area contributed by atoms with Gasteiger partial charge in [-0.2, -0.15) is 0 Å². The highest BCUT2D eigenvalue weighted by atomic mass is 16.5. The third-order valence-corrected chi connectivity index (χ3v) is 5.56. The van der Waals surface area contributed by atoms with Crippen LogP contribution in [-0.2, 0) is 11.3 Å². The highest BCUT2D eigenvalue weighted by molar-refractivity contribution is 6.07. The van der Waals surface area contributed by atoms with Crippen LogP contribution in [-0.4, -0.2) is 51.2 Å². The fourth-order valence-corrected chi connectivity index (χ4v) is 3.80. The van der Waals surface area contributed by atoms with Crippen LogP contribution in [0.4, 0.5) is 0 Å². The molecule has 1 heterocycles.